The lowest BCUT2D eigenvalue weighted by molar-refractivity contribution is -0.116. The van der Waals surface area contributed by atoms with Crippen molar-refractivity contribution in [3.05, 3.63) is 69.3 Å². The Morgan fingerprint density at radius 2 is 1.70 bits per heavy atom. The monoisotopic (exact) mass is 403 g/mol. The van der Waals surface area contributed by atoms with Gasteiger partial charge in [0.05, 0.1) is 11.0 Å². The van der Waals surface area contributed by atoms with E-state index in [-0.39, 0.29) is 23.7 Å². The van der Waals surface area contributed by atoms with Gasteiger partial charge >= 0.3 is 0 Å². The van der Waals surface area contributed by atoms with Crippen LogP contribution in [0.25, 0.3) is 16.7 Å². The molecule has 0 aliphatic rings. The van der Waals surface area contributed by atoms with Crippen LogP contribution in [0.2, 0.25) is 0 Å². The van der Waals surface area contributed by atoms with Crippen molar-refractivity contribution in [2.45, 2.75) is 47.1 Å². The van der Waals surface area contributed by atoms with E-state index in [4.69, 9.17) is 0 Å². The number of hydrogen-bond acceptors (Lipinski definition) is 4. The van der Waals surface area contributed by atoms with Gasteiger partial charge in [-0.05, 0) is 50.5 Å². The summed E-state index contributed by atoms with van der Waals surface area (Å²) in [4.78, 5) is 26.1. The third kappa shape index (κ3) is 3.36. The molecule has 0 unspecified atom stereocenters. The molecule has 0 bridgehead atoms. The molecule has 0 aliphatic heterocycles. The maximum Gasteiger partial charge on any atom is 0.297 e. The molecule has 0 saturated heterocycles. The zero-order valence-corrected chi connectivity index (χ0v) is 17.7. The fraction of sp³-hybridized carbons (Fsp3) is 0.304. The number of amides is 1. The van der Waals surface area contributed by atoms with Crippen molar-refractivity contribution in [2.75, 3.05) is 5.32 Å². The van der Waals surface area contributed by atoms with Crippen LogP contribution in [-0.4, -0.2) is 25.1 Å². The summed E-state index contributed by atoms with van der Waals surface area (Å²) in [6.45, 7) is 7.92. The predicted molar refractivity (Wildman–Crippen MR) is 118 cm³/mol. The summed E-state index contributed by atoms with van der Waals surface area (Å²) in [7, 11) is 0. The van der Waals surface area contributed by atoms with Crippen molar-refractivity contribution in [2.24, 2.45) is 0 Å². The Morgan fingerprint density at radius 3 is 2.37 bits per heavy atom. The minimum atomic E-state index is -0.323. The molecule has 4 aromatic rings. The highest BCUT2D eigenvalue weighted by atomic mass is 16.2. The average Bonchev–Trinajstić information content (AvgIpc) is 3.12. The molecule has 1 N–H and O–H groups in total. The molecule has 2 heterocycles. The second-order valence-electron chi connectivity index (χ2n) is 7.73. The van der Waals surface area contributed by atoms with E-state index in [0.29, 0.717) is 5.52 Å². The zero-order chi connectivity index (χ0) is 21.4. The lowest BCUT2D eigenvalue weighted by Crippen LogP contribution is -2.30. The van der Waals surface area contributed by atoms with Crippen molar-refractivity contribution >= 4 is 28.3 Å². The SMILES string of the molecule is CCCc1nnc2c(=O)n(CC(=O)Nc3c(C)cc(C)cc3C)c3ccccc3n12. The highest BCUT2D eigenvalue weighted by Gasteiger charge is 2.18. The average molecular weight is 403 g/mol. The Bertz CT molecular complexity index is 1310. The molecule has 0 radical (unpaired) electrons. The number of carbonyl (C=O) groups excluding carboxylic acids is 1. The molecule has 4 rings (SSSR count). The fourth-order valence-electron chi connectivity index (χ4n) is 4.06. The Kier molecular flexibility index (Phi) is 5.11. The topological polar surface area (TPSA) is 81.3 Å². The summed E-state index contributed by atoms with van der Waals surface area (Å²) < 4.78 is 3.28. The molecule has 7 nitrogen and oxygen atoms in total. The van der Waals surface area contributed by atoms with Crippen LogP contribution >= 0.6 is 0 Å². The van der Waals surface area contributed by atoms with Gasteiger partial charge in [-0.1, -0.05) is 36.8 Å². The number of fused-ring (bicyclic) bond motifs is 3. The van der Waals surface area contributed by atoms with Crippen LogP contribution < -0.4 is 10.9 Å². The standard InChI is InChI=1S/C23H25N5O2/c1-5-8-19-25-26-22-23(30)27(17-9-6-7-10-18(17)28(19)22)13-20(29)24-21-15(3)11-14(2)12-16(21)4/h6-7,9-12H,5,8,13H2,1-4H3,(H,24,29). The maximum atomic E-state index is 13.2. The number of nitrogens with zero attached hydrogens (tertiary/aromatic N) is 4. The number of anilines is 1. The minimum absolute atomic E-state index is 0.0986. The maximum absolute atomic E-state index is 13.2. The van der Waals surface area contributed by atoms with Crippen LogP contribution in [0.15, 0.2) is 41.2 Å². The van der Waals surface area contributed by atoms with E-state index in [1.807, 2.05) is 61.6 Å². The summed E-state index contributed by atoms with van der Waals surface area (Å²) in [6.07, 6.45) is 1.62. The number of rotatable bonds is 5. The number of carbonyl (C=O) groups is 1. The van der Waals surface area contributed by atoms with Crippen LogP contribution in [0.5, 0.6) is 0 Å². The first-order valence-electron chi connectivity index (χ1n) is 10.1. The Balaban J connectivity index is 1.79. The number of aromatic nitrogens is 4. The number of benzene rings is 2. The first-order chi connectivity index (χ1) is 14.4. The van der Waals surface area contributed by atoms with Crippen LogP contribution in [0.1, 0.15) is 35.9 Å². The molecule has 0 aliphatic carbocycles. The molecule has 0 atom stereocenters. The Labute approximate surface area is 174 Å². The first kappa shape index (κ1) is 19.8. The molecule has 7 heteroatoms. The summed E-state index contributed by atoms with van der Waals surface area (Å²) in [5.74, 6) is 0.498. The highest BCUT2D eigenvalue weighted by Crippen LogP contribution is 2.22. The molecular weight excluding hydrogens is 378 g/mol. The van der Waals surface area contributed by atoms with E-state index in [2.05, 4.69) is 22.4 Å². The molecule has 0 saturated carbocycles. The summed E-state index contributed by atoms with van der Waals surface area (Å²) in [5.41, 5.74) is 5.34. The molecule has 2 aromatic heterocycles. The molecule has 154 valence electrons. The largest absolute Gasteiger partial charge is 0.324 e. The van der Waals surface area contributed by atoms with Crippen molar-refractivity contribution < 1.29 is 4.79 Å². The number of aryl methyl sites for hydroxylation is 4. The van der Waals surface area contributed by atoms with Gasteiger partial charge in [0.2, 0.25) is 11.6 Å². The van der Waals surface area contributed by atoms with Gasteiger partial charge < -0.3 is 5.32 Å². The fourth-order valence-corrected chi connectivity index (χ4v) is 4.06. The van der Waals surface area contributed by atoms with Gasteiger partial charge in [-0.25, -0.2) is 0 Å². The molecular formula is C23H25N5O2. The van der Waals surface area contributed by atoms with E-state index < -0.39 is 0 Å². The second-order valence-corrected chi connectivity index (χ2v) is 7.73. The van der Waals surface area contributed by atoms with Gasteiger partial charge in [0, 0.05) is 12.1 Å². The molecule has 0 spiro atoms. The highest BCUT2D eigenvalue weighted by molar-refractivity contribution is 5.93. The first-order valence-corrected chi connectivity index (χ1v) is 10.1. The number of hydrogen-bond donors (Lipinski definition) is 1. The van der Waals surface area contributed by atoms with E-state index in [1.54, 1.807) is 0 Å². The van der Waals surface area contributed by atoms with Crippen LogP contribution in [0, 0.1) is 20.8 Å². The Hall–Kier alpha value is -3.48. The van der Waals surface area contributed by atoms with Crippen LogP contribution in [-0.2, 0) is 17.8 Å². The summed E-state index contributed by atoms with van der Waals surface area (Å²) in [5, 5.41) is 11.3. The second kappa shape index (κ2) is 7.74. The summed E-state index contributed by atoms with van der Waals surface area (Å²) in [6, 6.07) is 11.6. The van der Waals surface area contributed by atoms with Gasteiger partial charge in [-0.2, -0.15) is 0 Å². The quantitative estimate of drug-likeness (QED) is 0.552. The van der Waals surface area contributed by atoms with E-state index >= 15 is 0 Å². The van der Waals surface area contributed by atoms with Gasteiger partial charge in [0.15, 0.2) is 0 Å². The lowest BCUT2D eigenvalue weighted by Gasteiger charge is -2.15. The van der Waals surface area contributed by atoms with E-state index in [1.165, 1.54) is 4.57 Å². The molecule has 30 heavy (non-hydrogen) atoms. The van der Waals surface area contributed by atoms with Gasteiger partial charge in [0.25, 0.3) is 5.56 Å². The van der Waals surface area contributed by atoms with Gasteiger partial charge in [0.1, 0.15) is 12.4 Å². The van der Waals surface area contributed by atoms with Crippen LogP contribution in [0.4, 0.5) is 5.69 Å². The van der Waals surface area contributed by atoms with E-state index in [9.17, 15) is 9.59 Å². The number of para-hydroxylation sites is 2. The van der Waals surface area contributed by atoms with Crippen molar-refractivity contribution in [1.29, 1.82) is 0 Å². The van der Waals surface area contributed by atoms with Gasteiger partial charge in [-0.3, -0.25) is 18.6 Å². The molecule has 1 amide bonds. The molecule has 0 fully saturated rings. The third-order valence-corrected chi connectivity index (χ3v) is 5.30. The van der Waals surface area contributed by atoms with Crippen molar-refractivity contribution in [3.8, 4) is 0 Å². The minimum Gasteiger partial charge on any atom is -0.324 e. The normalized spacial score (nSPS) is 11.3. The van der Waals surface area contributed by atoms with E-state index in [0.717, 1.165) is 46.6 Å². The van der Waals surface area contributed by atoms with Crippen molar-refractivity contribution in [3.63, 3.8) is 0 Å². The smallest absolute Gasteiger partial charge is 0.297 e. The van der Waals surface area contributed by atoms with Gasteiger partial charge in [-0.15, -0.1) is 10.2 Å². The molecule has 2 aromatic carbocycles. The predicted octanol–water partition coefficient (Wildman–Crippen LogP) is 3.56. The van der Waals surface area contributed by atoms with Crippen LogP contribution in [0.3, 0.4) is 0 Å². The zero-order valence-electron chi connectivity index (χ0n) is 17.7. The Morgan fingerprint density at radius 1 is 1.03 bits per heavy atom. The third-order valence-electron chi connectivity index (χ3n) is 5.30. The van der Waals surface area contributed by atoms with Crippen molar-refractivity contribution in [1.82, 2.24) is 19.2 Å². The number of nitrogens with one attached hydrogen (secondary N) is 1. The summed E-state index contributed by atoms with van der Waals surface area (Å²) >= 11 is 0. The lowest BCUT2D eigenvalue weighted by atomic mass is 10.1.